The highest BCUT2D eigenvalue weighted by atomic mass is 16.6. The molecular weight excluding hydrogens is 444 g/mol. The third kappa shape index (κ3) is 3.55. The second kappa shape index (κ2) is 8.80. The number of epoxide rings is 1. The van der Waals surface area contributed by atoms with Crippen LogP contribution >= 0.6 is 0 Å². The molecule has 0 radical (unpaired) electrons. The topological polar surface area (TPSA) is 38.8 Å². The van der Waals surface area contributed by atoms with Crippen LogP contribution < -0.4 is 0 Å². The van der Waals surface area contributed by atoms with Gasteiger partial charge in [-0.25, -0.2) is 0 Å². The Labute approximate surface area is 218 Å². The molecule has 3 nitrogen and oxygen atoms in total. The maximum Gasteiger partial charge on any atom is 0.191 e. The minimum Gasteiger partial charge on any atom is -0.370 e. The van der Waals surface area contributed by atoms with Gasteiger partial charge in [0.1, 0.15) is 11.7 Å². The minimum atomic E-state index is -0.327. The lowest BCUT2D eigenvalue weighted by Gasteiger charge is -2.58. The number of ether oxygens (including phenoxy) is 2. The average Bonchev–Trinajstić information content (AvgIpc) is 3.52. The van der Waals surface area contributed by atoms with E-state index in [4.69, 9.17) is 9.47 Å². The fourth-order valence-corrected chi connectivity index (χ4v) is 9.41. The highest BCUT2D eigenvalue weighted by molar-refractivity contribution is 5.99. The number of benzene rings is 1. The van der Waals surface area contributed by atoms with Crippen molar-refractivity contribution in [3.8, 4) is 0 Å². The lowest BCUT2D eigenvalue weighted by atomic mass is 9.48. The summed E-state index contributed by atoms with van der Waals surface area (Å²) in [5, 5.41) is 0. The van der Waals surface area contributed by atoms with Gasteiger partial charge in [-0.2, -0.15) is 0 Å². The molecule has 2 saturated heterocycles. The molecule has 0 N–H and O–H groups in total. The van der Waals surface area contributed by atoms with Crippen LogP contribution in [0.15, 0.2) is 42.0 Å². The zero-order chi connectivity index (χ0) is 25.3. The van der Waals surface area contributed by atoms with Crippen LogP contribution in [-0.2, 0) is 9.47 Å². The number of ketones is 1. The van der Waals surface area contributed by atoms with Gasteiger partial charge >= 0.3 is 0 Å². The first-order chi connectivity index (χ1) is 17.2. The third-order valence-electron chi connectivity index (χ3n) is 11.6. The van der Waals surface area contributed by atoms with Gasteiger partial charge < -0.3 is 9.47 Å². The van der Waals surface area contributed by atoms with Crippen molar-refractivity contribution >= 4 is 5.78 Å². The zero-order valence-electron chi connectivity index (χ0n) is 23.1. The molecule has 5 aliphatic rings. The second-order valence-corrected chi connectivity index (χ2v) is 13.8. The standard InChI is InChI=1S/C33H46O3/c1-21(2)10-9-11-22(3)27-18-29-33(36-29)26-15-14-24-20-35-28(30(34)23-12-7-6-8-13-23)19-31(24,4)25(26)16-17-32(27,33)5/h6-8,12-13,15,21-22,24-25,27-29H,9-11,14,16-20H2,1-5H3/t22-,24+,25+,27-,28?,29+,31+,32-,33+/m1/s1. The first-order valence-corrected chi connectivity index (χ1v) is 14.8. The van der Waals surface area contributed by atoms with E-state index in [2.05, 4.69) is 40.7 Å². The van der Waals surface area contributed by atoms with Crippen molar-refractivity contribution in [2.45, 2.75) is 104 Å². The Kier molecular flexibility index (Phi) is 6.08. The molecule has 2 heterocycles. The van der Waals surface area contributed by atoms with Crippen LogP contribution in [0.25, 0.3) is 0 Å². The maximum atomic E-state index is 13.4. The van der Waals surface area contributed by atoms with Crippen LogP contribution in [0.3, 0.4) is 0 Å². The van der Waals surface area contributed by atoms with Crippen molar-refractivity contribution < 1.29 is 14.3 Å². The Morgan fingerprint density at radius 2 is 1.89 bits per heavy atom. The van der Waals surface area contributed by atoms with E-state index < -0.39 is 0 Å². The van der Waals surface area contributed by atoms with Gasteiger partial charge in [-0.05, 0) is 72.7 Å². The normalized spacial score (nSPS) is 43.6. The Hall–Kier alpha value is -1.45. The molecular formula is C33H46O3. The van der Waals surface area contributed by atoms with Crippen molar-refractivity contribution in [3.63, 3.8) is 0 Å². The molecule has 0 aromatic heterocycles. The molecule has 1 aromatic rings. The maximum absolute atomic E-state index is 13.4. The van der Waals surface area contributed by atoms with Gasteiger partial charge in [-0.1, -0.05) is 90.3 Å². The molecule has 0 bridgehead atoms. The predicted octanol–water partition coefficient (Wildman–Crippen LogP) is 7.65. The Morgan fingerprint density at radius 3 is 2.64 bits per heavy atom. The first-order valence-electron chi connectivity index (χ1n) is 14.8. The highest BCUT2D eigenvalue weighted by Crippen LogP contribution is 2.76. The van der Waals surface area contributed by atoms with Crippen LogP contribution in [0.4, 0.5) is 0 Å². The van der Waals surface area contributed by atoms with Crippen molar-refractivity contribution in [2.24, 2.45) is 40.4 Å². The van der Waals surface area contributed by atoms with E-state index in [1.165, 1.54) is 38.5 Å². The van der Waals surface area contributed by atoms with Crippen LogP contribution in [0.5, 0.6) is 0 Å². The average molecular weight is 491 g/mol. The molecule has 196 valence electrons. The van der Waals surface area contributed by atoms with Crippen molar-refractivity contribution in [2.75, 3.05) is 6.61 Å². The zero-order valence-corrected chi connectivity index (χ0v) is 23.1. The Balaban J connectivity index is 1.23. The number of hydrogen-bond acceptors (Lipinski definition) is 3. The van der Waals surface area contributed by atoms with E-state index >= 15 is 0 Å². The van der Waals surface area contributed by atoms with E-state index in [1.54, 1.807) is 5.57 Å². The van der Waals surface area contributed by atoms with Gasteiger partial charge in [0.2, 0.25) is 0 Å². The van der Waals surface area contributed by atoms with Gasteiger partial charge in [-0.15, -0.1) is 0 Å². The number of allylic oxidation sites excluding steroid dienone is 1. The number of fused-ring (bicyclic) bond motifs is 3. The van der Waals surface area contributed by atoms with Crippen LogP contribution in [0.1, 0.15) is 96.3 Å². The second-order valence-electron chi connectivity index (χ2n) is 13.8. The molecule has 9 atom stereocenters. The summed E-state index contributed by atoms with van der Waals surface area (Å²) in [6.45, 7) is 13.0. The summed E-state index contributed by atoms with van der Waals surface area (Å²) in [4.78, 5) is 13.4. The molecule has 4 fully saturated rings. The molecule has 0 amide bonds. The smallest absolute Gasteiger partial charge is 0.191 e. The lowest BCUT2D eigenvalue weighted by molar-refractivity contribution is -0.110. The monoisotopic (exact) mass is 490 g/mol. The summed E-state index contributed by atoms with van der Waals surface area (Å²) < 4.78 is 13.0. The largest absolute Gasteiger partial charge is 0.370 e. The Morgan fingerprint density at radius 1 is 1.11 bits per heavy atom. The molecule has 1 unspecified atom stereocenters. The van der Waals surface area contributed by atoms with E-state index in [0.717, 1.165) is 36.2 Å². The van der Waals surface area contributed by atoms with Crippen molar-refractivity contribution in [1.82, 2.24) is 0 Å². The fraction of sp³-hybridized carbons (Fsp3) is 0.727. The highest BCUT2D eigenvalue weighted by Gasteiger charge is 2.79. The summed E-state index contributed by atoms with van der Waals surface area (Å²) in [6.07, 6.45) is 12.3. The van der Waals surface area contributed by atoms with E-state index in [0.29, 0.717) is 24.5 Å². The van der Waals surface area contributed by atoms with Crippen molar-refractivity contribution in [1.29, 1.82) is 0 Å². The van der Waals surface area contributed by atoms with Gasteiger partial charge in [0, 0.05) is 11.0 Å². The number of carbonyl (C=O) groups excluding carboxylic acids is 1. The molecule has 2 saturated carbocycles. The quantitative estimate of drug-likeness (QED) is 0.224. The van der Waals surface area contributed by atoms with E-state index in [9.17, 15) is 4.79 Å². The molecule has 1 aromatic carbocycles. The minimum absolute atomic E-state index is 0.0297. The van der Waals surface area contributed by atoms with Crippen molar-refractivity contribution in [3.05, 3.63) is 47.5 Å². The third-order valence-corrected chi connectivity index (χ3v) is 11.6. The summed E-state index contributed by atoms with van der Waals surface area (Å²) in [6, 6.07) is 9.74. The van der Waals surface area contributed by atoms with Gasteiger partial charge in [0.25, 0.3) is 0 Å². The molecule has 6 rings (SSSR count). The van der Waals surface area contributed by atoms with E-state index in [1.807, 2.05) is 30.3 Å². The number of hydrogen-bond donors (Lipinski definition) is 0. The number of rotatable bonds is 7. The van der Waals surface area contributed by atoms with E-state index in [-0.39, 0.29) is 28.3 Å². The molecule has 1 spiro atoms. The SMILES string of the molecule is CC(C)CCC[C@@H](C)[C@H]1C[C@@H]2O[C@@]23C2=CC[C@H]4COC(C(=O)c5ccccc5)C[C@]4(C)[C@H]2CC[C@]13C. The fourth-order valence-electron chi connectivity index (χ4n) is 9.41. The van der Waals surface area contributed by atoms with Crippen LogP contribution in [0, 0.1) is 40.4 Å². The molecule has 3 aliphatic carbocycles. The summed E-state index contributed by atoms with van der Waals surface area (Å²) in [7, 11) is 0. The van der Waals surface area contributed by atoms with Crippen LogP contribution in [-0.4, -0.2) is 30.2 Å². The molecule has 36 heavy (non-hydrogen) atoms. The number of carbonyl (C=O) groups is 1. The molecule has 3 heteroatoms. The number of Topliss-reactive ketones (excluding diaryl/α,β-unsaturated/α-hetero) is 1. The van der Waals surface area contributed by atoms with Gasteiger partial charge in [0.15, 0.2) is 5.78 Å². The van der Waals surface area contributed by atoms with Crippen LogP contribution in [0.2, 0.25) is 0 Å². The summed E-state index contributed by atoms with van der Waals surface area (Å²) in [5.41, 5.74) is 2.72. The Bertz CT molecular complexity index is 1030. The molecule has 2 aliphatic heterocycles. The van der Waals surface area contributed by atoms with Gasteiger partial charge in [0.05, 0.1) is 12.7 Å². The summed E-state index contributed by atoms with van der Waals surface area (Å²) in [5.74, 6) is 3.49. The lowest BCUT2D eigenvalue weighted by Crippen LogP contribution is -2.56. The van der Waals surface area contributed by atoms with Gasteiger partial charge in [-0.3, -0.25) is 4.79 Å². The first kappa shape index (κ1) is 24.9. The summed E-state index contributed by atoms with van der Waals surface area (Å²) >= 11 is 0. The predicted molar refractivity (Wildman–Crippen MR) is 144 cm³/mol.